The third-order valence-electron chi connectivity index (χ3n) is 14.0. The lowest BCUT2D eigenvalue weighted by Gasteiger charge is -2.47. The molecule has 4 aliphatic heterocycles. The van der Waals surface area contributed by atoms with Gasteiger partial charge in [-0.25, -0.2) is 18.4 Å². The van der Waals surface area contributed by atoms with Gasteiger partial charge in [-0.15, -0.1) is 0 Å². The number of imidazole rings is 1. The van der Waals surface area contributed by atoms with Crippen LogP contribution in [0.3, 0.4) is 0 Å². The smallest absolute Gasteiger partial charge is 0.280 e. The van der Waals surface area contributed by atoms with Gasteiger partial charge in [-0.3, -0.25) is 34.9 Å². The summed E-state index contributed by atoms with van der Waals surface area (Å²) in [6.45, 7) is 9.31. The predicted molar refractivity (Wildman–Crippen MR) is 236 cm³/mol. The van der Waals surface area contributed by atoms with Gasteiger partial charge < -0.3 is 19.1 Å². The lowest BCUT2D eigenvalue weighted by Crippen LogP contribution is -2.62. The summed E-state index contributed by atoms with van der Waals surface area (Å²) >= 11 is 0. The molecule has 5 aliphatic rings. The van der Waals surface area contributed by atoms with Gasteiger partial charge in [-0.05, 0) is 112 Å². The number of alkyl halides is 2. The van der Waals surface area contributed by atoms with Gasteiger partial charge >= 0.3 is 0 Å². The number of carbonyl (C=O) groups is 3. The van der Waals surface area contributed by atoms with E-state index in [9.17, 15) is 14.4 Å². The fraction of sp³-hybridized carbons (Fsp3) is 0.489. The first-order valence-electron chi connectivity index (χ1n) is 22.3. The number of hydrogen-bond acceptors (Lipinski definition) is 10. The first-order valence-corrected chi connectivity index (χ1v) is 22.3. The van der Waals surface area contributed by atoms with Crippen LogP contribution >= 0.6 is 0 Å². The molecule has 14 nitrogen and oxygen atoms in total. The molecule has 330 valence electrons. The average molecular weight is 861 g/mol. The molecule has 4 atom stereocenters. The number of piperazine rings is 1. The van der Waals surface area contributed by atoms with Crippen molar-refractivity contribution in [1.29, 1.82) is 0 Å². The number of halogens is 2. The van der Waals surface area contributed by atoms with Crippen LogP contribution in [0.1, 0.15) is 77.3 Å². The van der Waals surface area contributed by atoms with E-state index in [-0.39, 0.29) is 30.7 Å². The highest BCUT2D eigenvalue weighted by molar-refractivity contribution is 6.05. The van der Waals surface area contributed by atoms with Crippen molar-refractivity contribution < 1.29 is 27.9 Å². The number of nitrogens with one attached hydrogen (secondary N) is 2. The Balaban J connectivity index is 0.848. The van der Waals surface area contributed by atoms with Crippen LogP contribution in [0.15, 0.2) is 48.5 Å². The second kappa shape index (κ2) is 16.0. The minimum Gasteiger partial charge on any atom is -0.477 e. The van der Waals surface area contributed by atoms with Crippen LogP contribution in [-0.4, -0.2) is 105 Å². The number of carbonyl (C=O) groups excluding carboxylic acids is 3. The molecule has 1 saturated carbocycles. The zero-order valence-corrected chi connectivity index (χ0v) is 36.3. The van der Waals surface area contributed by atoms with Crippen molar-refractivity contribution in [3.05, 3.63) is 76.6 Å². The van der Waals surface area contributed by atoms with E-state index in [0.29, 0.717) is 99.3 Å². The molecule has 3 unspecified atom stereocenters. The summed E-state index contributed by atoms with van der Waals surface area (Å²) in [6, 6.07) is 14.5. The van der Waals surface area contributed by atoms with E-state index in [1.165, 1.54) is 0 Å². The number of ether oxygens (including phenoxy) is 1. The number of anilines is 3. The third-order valence-corrected chi connectivity index (χ3v) is 14.0. The van der Waals surface area contributed by atoms with Crippen LogP contribution in [-0.2, 0) is 23.2 Å². The summed E-state index contributed by atoms with van der Waals surface area (Å²) in [5, 5.41) is 10.2. The van der Waals surface area contributed by atoms with Gasteiger partial charge in [0.25, 0.3) is 11.8 Å². The molecule has 3 aromatic heterocycles. The van der Waals surface area contributed by atoms with Crippen LogP contribution in [0, 0.1) is 32.6 Å². The van der Waals surface area contributed by atoms with Gasteiger partial charge in [0.05, 0.1) is 53.1 Å². The van der Waals surface area contributed by atoms with E-state index < -0.39 is 17.9 Å². The third kappa shape index (κ3) is 7.80. The van der Waals surface area contributed by atoms with Gasteiger partial charge in [0, 0.05) is 75.4 Å². The Morgan fingerprint density at radius 2 is 1.65 bits per heavy atom. The maximum atomic E-state index is 16.1. The van der Waals surface area contributed by atoms with Gasteiger partial charge in [0.2, 0.25) is 23.6 Å². The summed E-state index contributed by atoms with van der Waals surface area (Å²) in [7, 11) is 1.87. The molecule has 10 rings (SSSR count). The molecule has 0 spiro atoms. The molecule has 3 saturated heterocycles. The number of pyridine rings is 1. The fourth-order valence-electron chi connectivity index (χ4n) is 10.9. The number of benzene rings is 2. The number of rotatable bonds is 4. The number of aryl methyl sites for hydroxylation is 4. The van der Waals surface area contributed by atoms with Crippen molar-refractivity contribution in [3.8, 4) is 17.1 Å². The lowest BCUT2D eigenvalue weighted by atomic mass is 9.89. The van der Waals surface area contributed by atoms with Crippen molar-refractivity contribution in [2.24, 2.45) is 18.9 Å². The summed E-state index contributed by atoms with van der Waals surface area (Å²) in [6.07, 6.45) is 4.10. The van der Waals surface area contributed by atoms with E-state index >= 15 is 8.78 Å². The normalized spacial score (nSPS) is 24.3. The molecule has 4 bridgehead atoms. The largest absolute Gasteiger partial charge is 0.477 e. The molecule has 4 fully saturated rings. The number of amides is 3. The standard InChI is InChI=1S/C47H54F2N10O4/c1-27-19-32(35-9-12-41(60)52-44(35)62)7-11-38(27)58-14-13-40(47(48,49)26-58)57-17-15-56(16-18-57)34-8-10-36-39(23-34)59-24-30-5-6-31(21-30)25-63-45-42(29(3)54-55(45)4)37-22-33(20-28(2)50-37)43(61)53-46(59)51-36/h7-8,10-11,19-20,22-23,30-31,35,40H,5-6,9,12-18,21,24-26H2,1-4H3,(H,51,53,61)(H,52,60,62)/t30?,31-,35?,40?/m0/s1. The van der Waals surface area contributed by atoms with Crippen LogP contribution in [0.2, 0.25) is 0 Å². The van der Waals surface area contributed by atoms with E-state index in [4.69, 9.17) is 14.7 Å². The minimum absolute atomic E-state index is 0.263. The molecule has 2 aromatic carbocycles. The molecule has 0 radical (unpaired) electrons. The minimum atomic E-state index is -2.93. The predicted octanol–water partition coefficient (Wildman–Crippen LogP) is 6.37. The van der Waals surface area contributed by atoms with Gasteiger partial charge in [-0.2, -0.15) is 5.10 Å². The highest BCUT2D eigenvalue weighted by Crippen LogP contribution is 2.40. The molecule has 3 amide bonds. The molecule has 2 N–H and O–H groups in total. The van der Waals surface area contributed by atoms with Crippen molar-refractivity contribution >= 4 is 46.1 Å². The number of aromatic nitrogens is 5. The van der Waals surface area contributed by atoms with Crippen molar-refractivity contribution in [2.75, 3.05) is 61.0 Å². The Morgan fingerprint density at radius 3 is 2.43 bits per heavy atom. The monoisotopic (exact) mass is 860 g/mol. The molecule has 7 heterocycles. The Morgan fingerprint density at radius 1 is 0.841 bits per heavy atom. The quantitative estimate of drug-likeness (QED) is 0.196. The number of hydrogen-bond donors (Lipinski definition) is 2. The number of fused-ring (bicyclic) bond motifs is 9. The van der Waals surface area contributed by atoms with Crippen LogP contribution in [0.5, 0.6) is 5.88 Å². The summed E-state index contributed by atoms with van der Waals surface area (Å²) in [4.78, 5) is 53.9. The van der Waals surface area contributed by atoms with Crippen LogP contribution < -0.4 is 25.2 Å². The van der Waals surface area contributed by atoms with Gasteiger partial charge in [-0.1, -0.05) is 12.1 Å². The van der Waals surface area contributed by atoms with E-state index in [1.807, 2.05) is 63.1 Å². The molecular weight excluding hydrogens is 807 g/mol. The molecule has 1 aliphatic carbocycles. The first-order chi connectivity index (χ1) is 30.3. The molecule has 5 aromatic rings. The second-order valence-corrected chi connectivity index (χ2v) is 18.4. The van der Waals surface area contributed by atoms with Crippen molar-refractivity contribution in [3.63, 3.8) is 0 Å². The highest BCUT2D eigenvalue weighted by atomic mass is 19.3. The molecule has 63 heavy (non-hydrogen) atoms. The van der Waals surface area contributed by atoms with Crippen molar-refractivity contribution in [1.82, 2.24) is 34.5 Å². The fourth-order valence-corrected chi connectivity index (χ4v) is 10.9. The zero-order chi connectivity index (χ0) is 43.7. The van der Waals surface area contributed by atoms with E-state index in [2.05, 4.69) is 31.3 Å². The van der Waals surface area contributed by atoms with Gasteiger partial charge in [0.15, 0.2) is 0 Å². The van der Waals surface area contributed by atoms with E-state index in [0.717, 1.165) is 64.1 Å². The lowest BCUT2D eigenvalue weighted by molar-refractivity contribution is -0.134. The zero-order valence-electron chi connectivity index (χ0n) is 36.3. The number of imide groups is 1. The van der Waals surface area contributed by atoms with Crippen LogP contribution in [0.25, 0.3) is 22.3 Å². The van der Waals surface area contributed by atoms with Crippen LogP contribution in [0.4, 0.5) is 26.1 Å². The highest BCUT2D eigenvalue weighted by Gasteiger charge is 2.48. The Hall–Kier alpha value is -5.90. The first kappa shape index (κ1) is 41.1. The average Bonchev–Trinajstić information content (AvgIpc) is 3.92. The summed E-state index contributed by atoms with van der Waals surface area (Å²) in [5.41, 5.74) is 8.47. The Bertz CT molecular complexity index is 2630. The second-order valence-electron chi connectivity index (χ2n) is 18.4. The van der Waals surface area contributed by atoms with E-state index in [1.54, 1.807) is 21.7 Å². The Labute approximate surface area is 365 Å². The number of piperidine rings is 2. The number of nitrogens with zero attached hydrogens (tertiary/aromatic N) is 8. The summed E-state index contributed by atoms with van der Waals surface area (Å²) < 4.78 is 42.7. The molecular formula is C47H54F2N10O4. The SMILES string of the molecule is Cc1cc2cc(n1)-c1c(C)nn(C)c1OC[C@H]1CCC(C1)Cn1c(nc3ccc(N4CCN(C5CCN(c6ccc(C7CCC(=O)NC7=O)cc6C)CC5(F)F)CC4)cc31)NC2=O. The molecule has 16 heteroatoms. The maximum Gasteiger partial charge on any atom is 0.280 e. The maximum absolute atomic E-state index is 16.1. The summed E-state index contributed by atoms with van der Waals surface area (Å²) in [5.74, 6) is -2.32. The topological polar surface area (TPSA) is 143 Å². The van der Waals surface area contributed by atoms with Crippen molar-refractivity contribution in [2.45, 2.75) is 83.7 Å². The Kier molecular flexibility index (Phi) is 10.5. The van der Waals surface area contributed by atoms with Gasteiger partial charge in [0.1, 0.15) is 0 Å².